The molecule has 1 aliphatic heterocycles. The molecule has 1 spiro atoms. The van der Waals surface area contributed by atoms with Crippen molar-refractivity contribution >= 4 is 29.6 Å². The molecule has 3 N–H and O–H groups in total. The zero-order chi connectivity index (χ0) is 21.9. The normalized spacial score (nSPS) is 23.6. The van der Waals surface area contributed by atoms with E-state index in [0.29, 0.717) is 24.6 Å². The molecule has 10 heteroatoms. The minimum absolute atomic E-state index is 0.0506. The summed E-state index contributed by atoms with van der Waals surface area (Å²) in [4.78, 5) is 55.1. The summed E-state index contributed by atoms with van der Waals surface area (Å²) < 4.78 is 0. The largest absolute Gasteiger partial charge is 0.344 e. The van der Waals surface area contributed by atoms with Crippen LogP contribution in [0.25, 0.3) is 0 Å². The van der Waals surface area contributed by atoms with E-state index in [2.05, 4.69) is 28.0 Å². The number of amides is 5. The van der Waals surface area contributed by atoms with E-state index in [1.165, 1.54) is 4.90 Å². The zero-order valence-electron chi connectivity index (χ0n) is 17.5. The highest BCUT2D eigenvalue weighted by Gasteiger charge is 2.52. The number of imide groups is 1. The van der Waals surface area contributed by atoms with E-state index >= 15 is 0 Å². The zero-order valence-corrected chi connectivity index (χ0v) is 17.5. The SMILES string of the molecule is Cc1ccc(NC(=O)CN(C)CC(=O)NN2C(=O)NC3(CCC(C)CC3)C2=O)nc1. The van der Waals surface area contributed by atoms with Gasteiger partial charge in [0.05, 0.1) is 13.1 Å². The summed E-state index contributed by atoms with van der Waals surface area (Å²) >= 11 is 0. The highest BCUT2D eigenvalue weighted by Crippen LogP contribution is 2.35. The van der Waals surface area contributed by atoms with E-state index in [4.69, 9.17) is 0 Å². The van der Waals surface area contributed by atoms with E-state index in [1.807, 2.05) is 13.0 Å². The molecule has 162 valence electrons. The monoisotopic (exact) mass is 416 g/mol. The second kappa shape index (κ2) is 8.78. The summed E-state index contributed by atoms with van der Waals surface area (Å²) in [6.45, 7) is 3.81. The van der Waals surface area contributed by atoms with Crippen molar-refractivity contribution in [3.63, 3.8) is 0 Å². The second-order valence-electron chi connectivity index (χ2n) is 8.31. The van der Waals surface area contributed by atoms with Crippen molar-refractivity contribution in [3.05, 3.63) is 23.9 Å². The van der Waals surface area contributed by atoms with Crippen LogP contribution in [0.1, 0.15) is 38.2 Å². The number of aromatic nitrogens is 1. The van der Waals surface area contributed by atoms with Crippen LogP contribution in [0.15, 0.2) is 18.3 Å². The van der Waals surface area contributed by atoms with E-state index in [9.17, 15) is 19.2 Å². The number of urea groups is 1. The van der Waals surface area contributed by atoms with Crippen LogP contribution in [0.3, 0.4) is 0 Å². The Morgan fingerprint density at radius 2 is 1.90 bits per heavy atom. The third-order valence-corrected chi connectivity index (χ3v) is 5.53. The maximum absolute atomic E-state index is 12.8. The number of hydrogen-bond donors (Lipinski definition) is 3. The maximum atomic E-state index is 12.8. The molecule has 0 aromatic carbocycles. The molecule has 3 rings (SSSR count). The van der Waals surface area contributed by atoms with Crippen molar-refractivity contribution in [2.45, 2.75) is 45.1 Å². The maximum Gasteiger partial charge on any atom is 0.344 e. The van der Waals surface area contributed by atoms with E-state index in [0.717, 1.165) is 23.4 Å². The van der Waals surface area contributed by atoms with Gasteiger partial charge >= 0.3 is 6.03 Å². The van der Waals surface area contributed by atoms with Gasteiger partial charge in [-0.15, -0.1) is 0 Å². The Labute approximate surface area is 175 Å². The predicted molar refractivity (Wildman–Crippen MR) is 109 cm³/mol. The van der Waals surface area contributed by atoms with Crippen molar-refractivity contribution in [1.29, 1.82) is 0 Å². The molecule has 1 aromatic heterocycles. The highest BCUT2D eigenvalue weighted by atomic mass is 16.2. The summed E-state index contributed by atoms with van der Waals surface area (Å²) in [5.74, 6) is -0.359. The van der Waals surface area contributed by atoms with Crippen LogP contribution < -0.4 is 16.1 Å². The number of rotatable bonds is 6. The van der Waals surface area contributed by atoms with Crippen molar-refractivity contribution in [2.24, 2.45) is 5.92 Å². The van der Waals surface area contributed by atoms with Gasteiger partial charge in [-0.3, -0.25) is 24.7 Å². The number of aryl methyl sites for hydroxylation is 1. The van der Waals surface area contributed by atoms with Crippen LogP contribution in [0.2, 0.25) is 0 Å². The molecule has 10 nitrogen and oxygen atoms in total. The van der Waals surface area contributed by atoms with Gasteiger partial charge < -0.3 is 10.6 Å². The van der Waals surface area contributed by atoms with Crippen molar-refractivity contribution in [2.75, 3.05) is 25.5 Å². The number of anilines is 1. The molecule has 0 radical (unpaired) electrons. The first kappa shape index (κ1) is 21.7. The third-order valence-electron chi connectivity index (χ3n) is 5.53. The molecule has 2 fully saturated rings. The lowest BCUT2D eigenvalue weighted by Gasteiger charge is -2.33. The van der Waals surface area contributed by atoms with Gasteiger partial charge in [-0.1, -0.05) is 13.0 Å². The fraction of sp³-hybridized carbons (Fsp3) is 0.550. The first-order chi connectivity index (χ1) is 14.2. The quantitative estimate of drug-likeness (QED) is 0.589. The number of pyridine rings is 1. The minimum atomic E-state index is -0.913. The lowest BCUT2D eigenvalue weighted by Crippen LogP contribution is -2.52. The van der Waals surface area contributed by atoms with Crippen molar-refractivity contribution in [1.82, 2.24) is 25.6 Å². The molecular formula is C20H28N6O4. The number of nitrogens with one attached hydrogen (secondary N) is 3. The molecule has 1 aliphatic carbocycles. The van der Waals surface area contributed by atoms with Crippen molar-refractivity contribution in [3.8, 4) is 0 Å². The Hall–Kier alpha value is -3.01. The molecule has 5 amide bonds. The average molecular weight is 416 g/mol. The topological polar surface area (TPSA) is 124 Å². The second-order valence-corrected chi connectivity index (χ2v) is 8.31. The Bertz CT molecular complexity index is 832. The summed E-state index contributed by atoms with van der Waals surface area (Å²) in [6, 6.07) is 2.91. The smallest absolute Gasteiger partial charge is 0.322 e. The first-order valence-corrected chi connectivity index (χ1v) is 10.1. The standard InChI is InChI=1S/C20H28N6O4/c1-13-6-8-20(9-7-13)18(29)26(19(30)23-20)24-17(28)12-25(3)11-16(27)22-15-5-4-14(2)10-21-15/h4-5,10,13H,6-9,11-12H2,1-3H3,(H,23,30)(H,24,28)(H,21,22,27). The number of carbonyl (C=O) groups is 4. The fourth-order valence-corrected chi connectivity index (χ4v) is 3.75. The molecule has 2 aliphatic rings. The highest BCUT2D eigenvalue weighted by molar-refractivity contribution is 6.08. The lowest BCUT2D eigenvalue weighted by atomic mass is 9.77. The van der Waals surface area contributed by atoms with Crippen molar-refractivity contribution < 1.29 is 19.2 Å². The summed E-state index contributed by atoms with van der Waals surface area (Å²) in [6.07, 6.45) is 4.48. The average Bonchev–Trinajstić information content (AvgIpc) is 2.90. The van der Waals surface area contributed by atoms with Crippen LogP contribution in [-0.2, 0) is 14.4 Å². The van der Waals surface area contributed by atoms with Gasteiger partial charge in [0.1, 0.15) is 11.4 Å². The van der Waals surface area contributed by atoms with E-state index < -0.39 is 23.4 Å². The number of carbonyl (C=O) groups excluding carboxylic acids is 4. The summed E-state index contributed by atoms with van der Waals surface area (Å²) in [5.41, 5.74) is 2.43. The van der Waals surface area contributed by atoms with E-state index in [1.54, 1.807) is 19.3 Å². The van der Waals surface area contributed by atoms with Gasteiger partial charge in [0.15, 0.2) is 0 Å². The predicted octanol–water partition coefficient (Wildman–Crippen LogP) is 0.792. The van der Waals surface area contributed by atoms with Gasteiger partial charge in [0.25, 0.3) is 11.8 Å². The van der Waals surface area contributed by atoms with Gasteiger partial charge in [-0.25, -0.2) is 9.78 Å². The van der Waals surface area contributed by atoms with Crippen LogP contribution in [0, 0.1) is 12.8 Å². The number of hydrogen-bond acceptors (Lipinski definition) is 6. The Kier molecular flexibility index (Phi) is 6.35. The third kappa shape index (κ3) is 4.93. The lowest BCUT2D eigenvalue weighted by molar-refractivity contribution is -0.140. The van der Waals surface area contributed by atoms with E-state index in [-0.39, 0.29) is 19.0 Å². The Morgan fingerprint density at radius 1 is 1.23 bits per heavy atom. The Morgan fingerprint density at radius 3 is 2.53 bits per heavy atom. The van der Waals surface area contributed by atoms with Crippen LogP contribution in [-0.4, -0.2) is 64.3 Å². The van der Waals surface area contributed by atoms with Crippen LogP contribution >= 0.6 is 0 Å². The molecule has 0 bridgehead atoms. The molecule has 0 unspecified atom stereocenters. The molecule has 30 heavy (non-hydrogen) atoms. The van der Waals surface area contributed by atoms with Gasteiger partial charge in [0.2, 0.25) is 5.91 Å². The summed E-state index contributed by atoms with van der Waals surface area (Å²) in [7, 11) is 1.59. The molecule has 1 aromatic rings. The number of hydrazine groups is 1. The number of likely N-dealkylation sites (N-methyl/N-ethyl adjacent to an activating group) is 1. The van der Waals surface area contributed by atoms with Gasteiger partial charge in [-0.2, -0.15) is 5.01 Å². The fourth-order valence-electron chi connectivity index (χ4n) is 3.75. The van der Waals surface area contributed by atoms with Crippen LogP contribution in [0.4, 0.5) is 10.6 Å². The first-order valence-electron chi connectivity index (χ1n) is 10.1. The molecule has 1 saturated heterocycles. The van der Waals surface area contributed by atoms with Crippen LogP contribution in [0.5, 0.6) is 0 Å². The number of nitrogens with zero attached hydrogens (tertiary/aromatic N) is 3. The Balaban J connectivity index is 1.48. The van der Waals surface area contributed by atoms with Gasteiger partial charge in [-0.05, 0) is 57.2 Å². The van der Waals surface area contributed by atoms with Gasteiger partial charge in [0, 0.05) is 6.20 Å². The molecule has 0 atom stereocenters. The summed E-state index contributed by atoms with van der Waals surface area (Å²) in [5, 5.41) is 6.17. The minimum Gasteiger partial charge on any atom is -0.322 e. The molecule has 1 saturated carbocycles. The molecule has 2 heterocycles. The molecular weight excluding hydrogens is 388 g/mol.